The van der Waals surface area contributed by atoms with Gasteiger partial charge in [0.2, 0.25) is 0 Å². The fourth-order valence-corrected chi connectivity index (χ4v) is 3.04. The van der Waals surface area contributed by atoms with E-state index in [1.807, 2.05) is 36.5 Å². The Hall–Kier alpha value is -1.70. The first-order valence-electron chi connectivity index (χ1n) is 6.68. The van der Waals surface area contributed by atoms with E-state index in [-0.39, 0.29) is 0 Å². The van der Waals surface area contributed by atoms with Gasteiger partial charge in [0.15, 0.2) is 5.01 Å². The van der Waals surface area contributed by atoms with Crippen molar-refractivity contribution in [1.82, 2.24) is 9.88 Å². The van der Waals surface area contributed by atoms with Gasteiger partial charge in [-0.3, -0.25) is 4.90 Å². The average Bonchev–Trinajstić information content (AvgIpc) is 3.08. The molecule has 0 spiro atoms. The van der Waals surface area contributed by atoms with Crippen molar-refractivity contribution in [2.75, 3.05) is 13.1 Å². The van der Waals surface area contributed by atoms with Gasteiger partial charge in [0.05, 0.1) is 0 Å². The number of alkyl halides is 1. The maximum atomic E-state index is 13.1. The van der Waals surface area contributed by atoms with Gasteiger partial charge in [0.1, 0.15) is 6.17 Å². The molecule has 0 radical (unpaired) electrons. The molecule has 1 fully saturated rings. The third kappa shape index (κ3) is 3.44. The molecular weight excluding hydrogens is 271 g/mol. The zero-order chi connectivity index (χ0) is 13.8. The van der Waals surface area contributed by atoms with E-state index in [9.17, 15) is 4.39 Å². The highest BCUT2D eigenvalue weighted by molar-refractivity contribution is 7.12. The summed E-state index contributed by atoms with van der Waals surface area (Å²) in [7, 11) is 0. The van der Waals surface area contributed by atoms with Crippen LogP contribution in [-0.4, -0.2) is 29.1 Å². The molecule has 1 aliphatic heterocycles. The second kappa shape index (κ2) is 6.17. The molecule has 0 aliphatic carbocycles. The Morgan fingerprint density at radius 1 is 1.30 bits per heavy atom. The van der Waals surface area contributed by atoms with Crippen LogP contribution in [0.1, 0.15) is 21.9 Å². The fraction of sp³-hybridized carbons (Fsp3) is 0.312. The van der Waals surface area contributed by atoms with Crippen molar-refractivity contribution >= 4 is 11.3 Å². The number of thiazole rings is 1. The van der Waals surface area contributed by atoms with Crippen LogP contribution >= 0.6 is 11.3 Å². The van der Waals surface area contributed by atoms with E-state index in [0.29, 0.717) is 13.0 Å². The van der Waals surface area contributed by atoms with Gasteiger partial charge < -0.3 is 0 Å². The molecular formula is C16H15FN2S. The first-order chi connectivity index (χ1) is 9.79. The van der Waals surface area contributed by atoms with Crippen LogP contribution in [0.2, 0.25) is 0 Å². The molecule has 4 heteroatoms. The van der Waals surface area contributed by atoms with Crippen LogP contribution in [0.4, 0.5) is 4.39 Å². The third-order valence-electron chi connectivity index (χ3n) is 3.24. The predicted molar refractivity (Wildman–Crippen MR) is 79.3 cm³/mol. The number of halogens is 1. The van der Waals surface area contributed by atoms with Crippen molar-refractivity contribution in [3.05, 3.63) is 52.0 Å². The van der Waals surface area contributed by atoms with Gasteiger partial charge in [-0.15, -0.1) is 11.3 Å². The maximum Gasteiger partial charge on any atom is 0.167 e. The normalized spacial score (nSPS) is 18.8. The van der Waals surface area contributed by atoms with Gasteiger partial charge >= 0.3 is 0 Å². The highest BCUT2D eigenvalue weighted by atomic mass is 32.1. The fourth-order valence-electron chi connectivity index (χ4n) is 2.23. The topological polar surface area (TPSA) is 16.1 Å². The second-order valence-corrected chi connectivity index (χ2v) is 5.98. The monoisotopic (exact) mass is 286 g/mol. The standard InChI is InChI=1S/C16H15FN2S/c17-14-8-9-19(11-14)12-15-10-18-16(20-15)7-6-13-4-2-1-3-5-13/h1-5,10,14H,8-9,11-12H2/t14-/m0/s1. The summed E-state index contributed by atoms with van der Waals surface area (Å²) in [5, 5.41) is 0.819. The van der Waals surface area contributed by atoms with Crippen LogP contribution in [-0.2, 0) is 6.54 Å². The Kier molecular flexibility index (Phi) is 4.10. The average molecular weight is 286 g/mol. The van der Waals surface area contributed by atoms with Gasteiger partial charge in [0, 0.05) is 36.3 Å². The summed E-state index contributed by atoms with van der Waals surface area (Å²) in [6, 6.07) is 9.87. The van der Waals surface area contributed by atoms with Gasteiger partial charge in [0.25, 0.3) is 0 Å². The molecule has 102 valence electrons. The van der Waals surface area contributed by atoms with Gasteiger partial charge in [-0.1, -0.05) is 24.1 Å². The molecule has 0 bridgehead atoms. The van der Waals surface area contributed by atoms with Gasteiger partial charge in [-0.2, -0.15) is 0 Å². The smallest absolute Gasteiger partial charge is 0.167 e. The Bertz CT molecular complexity index is 627. The minimum Gasteiger partial charge on any atom is -0.295 e. The molecule has 0 amide bonds. The lowest BCUT2D eigenvalue weighted by Crippen LogP contribution is -2.19. The number of benzene rings is 1. The zero-order valence-corrected chi connectivity index (χ0v) is 11.9. The first kappa shape index (κ1) is 13.3. The Morgan fingerprint density at radius 2 is 2.15 bits per heavy atom. The number of nitrogens with zero attached hydrogens (tertiary/aromatic N) is 2. The van der Waals surface area contributed by atoms with E-state index in [2.05, 4.69) is 21.7 Å². The molecule has 1 aliphatic rings. The van der Waals surface area contributed by atoms with Crippen molar-refractivity contribution in [1.29, 1.82) is 0 Å². The number of hydrogen-bond donors (Lipinski definition) is 0. The quantitative estimate of drug-likeness (QED) is 0.789. The maximum absolute atomic E-state index is 13.1. The Labute approximate surface area is 122 Å². The summed E-state index contributed by atoms with van der Waals surface area (Å²) >= 11 is 1.59. The van der Waals surface area contributed by atoms with Crippen LogP contribution in [0, 0.1) is 11.8 Å². The lowest BCUT2D eigenvalue weighted by molar-refractivity contribution is 0.284. The van der Waals surface area contributed by atoms with Crippen molar-refractivity contribution in [3.63, 3.8) is 0 Å². The lowest BCUT2D eigenvalue weighted by atomic mass is 10.2. The van der Waals surface area contributed by atoms with Crippen molar-refractivity contribution in [2.24, 2.45) is 0 Å². The number of rotatable bonds is 2. The number of likely N-dealkylation sites (tertiary alicyclic amines) is 1. The zero-order valence-electron chi connectivity index (χ0n) is 11.1. The molecule has 0 unspecified atom stereocenters. The van der Waals surface area contributed by atoms with Gasteiger partial charge in [-0.25, -0.2) is 9.37 Å². The largest absolute Gasteiger partial charge is 0.295 e. The molecule has 1 aromatic heterocycles. The molecule has 1 saturated heterocycles. The molecule has 0 N–H and O–H groups in total. The van der Waals surface area contributed by atoms with Crippen LogP contribution < -0.4 is 0 Å². The highest BCUT2D eigenvalue weighted by Gasteiger charge is 2.21. The SMILES string of the molecule is F[C@H]1CCN(Cc2cnc(C#Cc3ccccc3)s2)C1. The molecule has 2 heterocycles. The van der Waals surface area contributed by atoms with Crippen LogP contribution in [0.25, 0.3) is 0 Å². The Balaban J connectivity index is 1.64. The molecule has 1 aromatic carbocycles. The van der Waals surface area contributed by atoms with E-state index >= 15 is 0 Å². The summed E-state index contributed by atoms with van der Waals surface area (Å²) in [6.45, 7) is 2.16. The van der Waals surface area contributed by atoms with E-state index in [0.717, 1.165) is 28.5 Å². The summed E-state index contributed by atoms with van der Waals surface area (Å²) < 4.78 is 13.1. The molecule has 2 aromatic rings. The number of aromatic nitrogens is 1. The summed E-state index contributed by atoms with van der Waals surface area (Å²) in [5.74, 6) is 6.18. The second-order valence-electron chi connectivity index (χ2n) is 4.87. The van der Waals surface area contributed by atoms with E-state index < -0.39 is 6.17 Å². The van der Waals surface area contributed by atoms with Crippen LogP contribution in [0.5, 0.6) is 0 Å². The van der Waals surface area contributed by atoms with E-state index in [1.54, 1.807) is 11.3 Å². The van der Waals surface area contributed by atoms with E-state index in [1.165, 1.54) is 0 Å². The minimum atomic E-state index is -0.666. The van der Waals surface area contributed by atoms with Crippen molar-refractivity contribution < 1.29 is 4.39 Å². The lowest BCUT2D eigenvalue weighted by Gasteiger charge is -2.11. The van der Waals surface area contributed by atoms with Crippen LogP contribution in [0.3, 0.4) is 0 Å². The molecule has 2 nitrogen and oxygen atoms in total. The summed E-state index contributed by atoms with van der Waals surface area (Å²) in [4.78, 5) is 7.60. The minimum absolute atomic E-state index is 0.545. The molecule has 3 rings (SSSR count). The van der Waals surface area contributed by atoms with Crippen molar-refractivity contribution in [2.45, 2.75) is 19.1 Å². The van der Waals surface area contributed by atoms with Crippen LogP contribution in [0.15, 0.2) is 36.5 Å². The predicted octanol–water partition coefficient (Wildman–Crippen LogP) is 3.09. The molecule has 0 saturated carbocycles. The Morgan fingerprint density at radius 3 is 2.90 bits per heavy atom. The molecule has 20 heavy (non-hydrogen) atoms. The van der Waals surface area contributed by atoms with Gasteiger partial charge in [-0.05, 0) is 24.5 Å². The highest BCUT2D eigenvalue weighted by Crippen LogP contribution is 2.19. The number of hydrogen-bond acceptors (Lipinski definition) is 3. The first-order valence-corrected chi connectivity index (χ1v) is 7.49. The molecule has 1 atom stereocenters. The summed E-state index contributed by atoms with van der Waals surface area (Å²) in [5.41, 5.74) is 0.990. The van der Waals surface area contributed by atoms with Crippen molar-refractivity contribution in [3.8, 4) is 11.8 Å². The van der Waals surface area contributed by atoms with E-state index in [4.69, 9.17) is 0 Å². The third-order valence-corrected chi connectivity index (χ3v) is 4.13. The summed E-state index contributed by atoms with van der Waals surface area (Å²) in [6.07, 6.45) is 1.84.